The van der Waals surface area contributed by atoms with E-state index in [0.717, 1.165) is 40.9 Å². The first-order valence-corrected chi connectivity index (χ1v) is 11.7. The number of nitrogens with one attached hydrogen (secondary N) is 1. The van der Waals surface area contributed by atoms with Gasteiger partial charge in [0, 0.05) is 31.4 Å². The Bertz CT molecular complexity index is 1160. The highest BCUT2D eigenvalue weighted by molar-refractivity contribution is 7.89. The Kier molecular flexibility index (Phi) is 6.09. The summed E-state index contributed by atoms with van der Waals surface area (Å²) in [4.78, 5) is 16.2. The van der Waals surface area contributed by atoms with Crippen LogP contribution in [0.15, 0.2) is 53.6 Å². The molecule has 4 rings (SSSR count). The maximum atomic E-state index is 13.0. The average molecular weight is 465 g/mol. The van der Waals surface area contributed by atoms with Crippen molar-refractivity contribution in [2.45, 2.75) is 30.3 Å². The monoisotopic (exact) mass is 465 g/mol. The van der Waals surface area contributed by atoms with E-state index in [0.29, 0.717) is 36.2 Å². The molecule has 0 saturated heterocycles. The number of alkyl halides is 3. The fourth-order valence-electron chi connectivity index (χ4n) is 3.49. The predicted molar refractivity (Wildman–Crippen MR) is 112 cm³/mol. The molecule has 1 saturated carbocycles. The quantitative estimate of drug-likeness (QED) is 0.705. The first-order valence-electron chi connectivity index (χ1n) is 10.3. The van der Waals surface area contributed by atoms with Gasteiger partial charge in [0.2, 0.25) is 10.0 Å². The summed E-state index contributed by atoms with van der Waals surface area (Å²) in [5, 5.41) is 2.90. The lowest BCUT2D eigenvalue weighted by molar-refractivity contribution is -0.137. The van der Waals surface area contributed by atoms with E-state index in [1.165, 1.54) is 6.20 Å². The number of pyridine rings is 1. The first kappa shape index (κ1) is 22.5. The molecule has 1 amide bonds. The molecular weight excluding hydrogens is 443 g/mol. The number of benzene rings is 1. The van der Waals surface area contributed by atoms with Crippen LogP contribution in [0.4, 0.5) is 13.2 Å². The number of halogens is 3. The smallest absolute Gasteiger partial charge is 0.352 e. The Morgan fingerprint density at radius 3 is 2.62 bits per heavy atom. The van der Waals surface area contributed by atoms with E-state index < -0.39 is 26.7 Å². The van der Waals surface area contributed by atoms with E-state index in [9.17, 15) is 26.4 Å². The summed E-state index contributed by atoms with van der Waals surface area (Å²) in [7, 11) is -4.08. The molecule has 32 heavy (non-hydrogen) atoms. The summed E-state index contributed by atoms with van der Waals surface area (Å²) in [5.41, 5.74) is 0.848. The van der Waals surface area contributed by atoms with E-state index in [-0.39, 0.29) is 19.0 Å². The van der Waals surface area contributed by atoms with Gasteiger partial charge in [-0.15, -0.1) is 0 Å². The van der Waals surface area contributed by atoms with Crippen molar-refractivity contribution in [1.29, 1.82) is 0 Å². The van der Waals surface area contributed by atoms with Crippen molar-refractivity contribution >= 4 is 21.5 Å². The molecule has 1 aromatic carbocycles. The molecule has 1 fully saturated rings. The van der Waals surface area contributed by atoms with Gasteiger partial charge in [-0.1, -0.05) is 12.1 Å². The fourth-order valence-corrected chi connectivity index (χ4v) is 4.92. The van der Waals surface area contributed by atoms with Gasteiger partial charge in [-0.2, -0.15) is 17.5 Å². The third kappa shape index (κ3) is 5.02. The van der Waals surface area contributed by atoms with Gasteiger partial charge < -0.3 is 5.32 Å². The summed E-state index contributed by atoms with van der Waals surface area (Å²) in [6.07, 6.45) is 1.20. The molecule has 6 nitrogen and oxygen atoms in total. The molecule has 0 radical (unpaired) electrons. The van der Waals surface area contributed by atoms with Gasteiger partial charge in [0.25, 0.3) is 5.91 Å². The average Bonchev–Trinajstić information content (AvgIpc) is 3.62. The third-order valence-electron chi connectivity index (χ3n) is 5.57. The highest BCUT2D eigenvalue weighted by Crippen LogP contribution is 2.32. The SMILES string of the molecule is O=C(NCC1CC1)c1ccnc(C2=CCN(S(=O)(=O)c3cccc(C(F)(F)F)c3)CC2)c1. The molecule has 1 aromatic heterocycles. The molecule has 2 aliphatic rings. The van der Waals surface area contributed by atoms with Crippen LogP contribution >= 0.6 is 0 Å². The van der Waals surface area contributed by atoms with Crippen molar-refractivity contribution in [3.05, 3.63) is 65.5 Å². The van der Waals surface area contributed by atoms with Crippen LogP contribution < -0.4 is 5.32 Å². The number of nitrogens with zero attached hydrogens (tertiary/aromatic N) is 2. The van der Waals surface area contributed by atoms with Crippen molar-refractivity contribution in [2.75, 3.05) is 19.6 Å². The maximum absolute atomic E-state index is 13.0. The molecule has 1 aliphatic carbocycles. The summed E-state index contributed by atoms with van der Waals surface area (Å²) in [6.45, 7) is 0.763. The molecule has 2 heterocycles. The molecule has 0 atom stereocenters. The second-order valence-corrected chi connectivity index (χ2v) is 9.89. The lowest BCUT2D eigenvalue weighted by atomic mass is 10.0. The van der Waals surface area contributed by atoms with E-state index in [2.05, 4.69) is 10.3 Å². The summed E-state index contributed by atoms with van der Waals surface area (Å²) in [6, 6.07) is 7.04. The maximum Gasteiger partial charge on any atom is 0.416 e. The number of rotatable bonds is 6. The van der Waals surface area contributed by atoms with Crippen LogP contribution in [0.5, 0.6) is 0 Å². The van der Waals surface area contributed by atoms with E-state index in [4.69, 9.17) is 0 Å². The van der Waals surface area contributed by atoms with E-state index in [1.807, 2.05) is 0 Å². The van der Waals surface area contributed by atoms with E-state index in [1.54, 1.807) is 18.2 Å². The Balaban J connectivity index is 1.48. The van der Waals surface area contributed by atoms with Crippen LogP contribution in [0.3, 0.4) is 0 Å². The van der Waals surface area contributed by atoms with Crippen molar-refractivity contribution in [1.82, 2.24) is 14.6 Å². The number of amides is 1. The minimum absolute atomic E-state index is 0.00764. The molecule has 1 N–H and O–H groups in total. The molecule has 2 aromatic rings. The van der Waals surface area contributed by atoms with Gasteiger partial charge in [0.1, 0.15) is 0 Å². The molecule has 1 aliphatic heterocycles. The van der Waals surface area contributed by atoms with Gasteiger partial charge in [-0.05, 0) is 61.1 Å². The first-order chi connectivity index (χ1) is 15.1. The molecule has 170 valence electrons. The third-order valence-corrected chi connectivity index (χ3v) is 7.43. The van der Waals surface area contributed by atoms with Gasteiger partial charge in [0.05, 0.1) is 16.2 Å². The van der Waals surface area contributed by atoms with Gasteiger partial charge in [0.15, 0.2) is 0 Å². The van der Waals surface area contributed by atoms with Crippen LogP contribution in [0.25, 0.3) is 5.57 Å². The number of hydrogen-bond donors (Lipinski definition) is 1. The number of carbonyl (C=O) groups excluding carboxylic acids is 1. The number of aromatic nitrogens is 1. The van der Waals surface area contributed by atoms with Crippen molar-refractivity contribution in [3.8, 4) is 0 Å². The minimum atomic E-state index is -4.62. The van der Waals surface area contributed by atoms with Gasteiger partial charge >= 0.3 is 6.18 Å². The van der Waals surface area contributed by atoms with Crippen LogP contribution in [-0.4, -0.2) is 43.2 Å². The zero-order valence-electron chi connectivity index (χ0n) is 17.1. The van der Waals surface area contributed by atoms with Crippen molar-refractivity contribution in [2.24, 2.45) is 5.92 Å². The fraction of sp³-hybridized carbons (Fsp3) is 0.364. The second-order valence-electron chi connectivity index (χ2n) is 7.95. The highest BCUT2D eigenvalue weighted by Gasteiger charge is 2.33. The molecule has 0 spiro atoms. The molecule has 0 bridgehead atoms. The Morgan fingerprint density at radius 1 is 1.19 bits per heavy atom. The molecular formula is C22H22F3N3O3S. The van der Waals surface area contributed by atoms with Crippen LogP contribution in [-0.2, 0) is 16.2 Å². The largest absolute Gasteiger partial charge is 0.416 e. The standard InChI is InChI=1S/C22H22F3N3O3S/c23-22(24,25)18-2-1-3-19(13-18)32(30,31)28-10-7-16(8-11-28)20-12-17(6-9-26-20)21(29)27-14-15-4-5-15/h1-3,6-7,9,12-13,15H,4-5,8,10-11,14H2,(H,27,29). The number of hydrogen-bond acceptors (Lipinski definition) is 4. The summed E-state index contributed by atoms with van der Waals surface area (Å²) in [5.74, 6) is 0.386. The summed E-state index contributed by atoms with van der Waals surface area (Å²) < 4.78 is 65.7. The van der Waals surface area contributed by atoms with E-state index >= 15 is 0 Å². The number of carbonyl (C=O) groups is 1. The second kappa shape index (κ2) is 8.67. The van der Waals surface area contributed by atoms with Crippen molar-refractivity contribution in [3.63, 3.8) is 0 Å². The number of sulfonamides is 1. The Labute approximate surface area is 184 Å². The van der Waals surface area contributed by atoms with Crippen LogP contribution in [0.1, 0.15) is 40.9 Å². The summed E-state index contributed by atoms with van der Waals surface area (Å²) >= 11 is 0. The minimum Gasteiger partial charge on any atom is -0.352 e. The Hall–Kier alpha value is -2.72. The molecule has 10 heteroatoms. The Morgan fingerprint density at radius 2 is 1.97 bits per heavy atom. The van der Waals surface area contributed by atoms with Crippen LogP contribution in [0.2, 0.25) is 0 Å². The molecule has 0 unspecified atom stereocenters. The normalized spacial score (nSPS) is 17.7. The van der Waals surface area contributed by atoms with Crippen molar-refractivity contribution < 1.29 is 26.4 Å². The topological polar surface area (TPSA) is 79.4 Å². The van der Waals surface area contributed by atoms with Gasteiger partial charge in [-0.25, -0.2) is 8.42 Å². The zero-order valence-corrected chi connectivity index (χ0v) is 17.9. The zero-order chi connectivity index (χ0) is 22.9. The van der Waals surface area contributed by atoms with Gasteiger partial charge in [-0.3, -0.25) is 9.78 Å². The lowest BCUT2D eigenvalue weighted by Gasteiger charge is -2.26. The highest BCUT2D eigenvalue weighted by atomic mass is 32.2. The van der Waals surface area contributed by atoms with Crippen LogP contribution in [0, 0.1) is 5.92 Å². The lowest BCUT2D eigenvalue weighted by Crippen LogP contribution is -2.35. The predicted octanol–water partition coefficient (Wildman–Crippen LogP) is 3.72.